The molecular weight excluding hydrogens is 254 g/mol. The number of thiazole rings is 1. The second kappa shape index (κ2) is 4.71. The van der Waals surface area contributed by atoms with Gasteiger partial charge in [-0.25, -0.2) is 4.98 Å². The SMILES string of the molecule is CN1C=CC=C/C1=C(/C#N)c1nc2ccccc2s1. The lowest BCUT2D eigenvalue weighted by molar-refractivity contribution is 0.587. The molecule has 0 saturated carbocycles. The number of allylic oxidation sites excluding steroid dienone is 4. The number of rotatable bonds is 1. The smallest absolute Gasteiger partial charge is 0.137 e. The van der Waals surface area contributed by atoms with E-state index in [9.17, 15) is 5.26 Å². The predicted octanol–water partition coefficient (Wildman–Crippen LogP) is 3.55. The summed E-state index contributed by atoms with van der Waals surface area (Å²) >= 11 is 1.55. The molecular formula is C15H11N3S. The molecule has 0 saturated heterocycles. The van der Waals surface area contributed by atoms with Crippen molar-refractivity contribution < 1.29 is 0 Å². The van der Waals surface area contributed by atoms with Crippen LogP contribution < -0.4 is 0 Å². The van der Waals surface area contributed by atoms with Gasteiger partial charge in [0.15, 0.2) is 0 Å². The molecule has 92 valence electrons. The van der Waals surface area contributed by atoms with Crippen LogP contribution in [0.4, 0.5) is 0 Å². The van der Waals surface area contributed by atoms with Gasteiger partial charge in [-0.1, -0.05) is 18.2 Å². The van der Waals surface area contributed by atoms with Gasteiger partial charge in [-0.05, 0) is 24.3 Å². The molecule has 0 spiro atoms. The zero-order valence-electron chi connectivity index (χ0n) is 10.4. The lowest BCUT2D eigenvalue weighted by Gasteiger charge is -2.18. The molecule has 4 heteroatoms. The minimum atomic E-state index is 0.615. The quantitative estimate of drug-likeness (QED) is 0.740. The first-order valence-corrected chi connectivity index (χ1v) is 6.69. The van der Waals surface area contributed by atoms with Gasteiger partial charge in [0.05, 0.1) is 15.9 Å². The molecule has 19 heavy (non-hydrogen) atoms. The molecule has 0 bridgehead atoms. The van der Waals surface area contributed by atoms with Crippen molar-refractivity contribution in [3.05, 3.63) is 59.4 Å². The molecule has 0 unspecified atom stereocenters. The summed E-state index contributed by atoms with van der Waals surface area (Å²) in [5.74, 6) is 0. The van der Waals surface area contributed by atoms with E-state index in [0.717, 1.165) is 20.9 Å². The third-order valence-corrected chi connectivity index (χ3v) is 3.98. The third-order valence-electron chi connectivity index (χ3n) is 2.93. The number of para-hydroxylation sites is 1. The van der Waals surface area contributed by atoms with Gasteiger partial charge in [-0.15, -0.1) is 11.3 Å². The Morgan fingerprint density at radius 3 is 2.89 bits per heavy atom. The molecule has 1 aromatic heterocycles. The molecule has 1 aliphatic heterocycles. The minimum absolute atomic E-state index is 0.615. The van der Waals surface area contributed by atoms with Crippen molar-refractivity contribution in [3.63, 3.8) is 0 Å². The number of fused-ring (bicyclic) bond motifs is 1. The van der Waals surface area contributed by atoms with Crippen molar-refractivity contribution >= 4 is 27.1 Å². The molecule has 0 fully saturated rings. The van der Waals surface area contributed by atoms with E-state index in [1.165, 1.54) is 0 Å². The van der Waals surface area contributed by atoms with Gasteiger partial charge in [-0.2, -0.15) is 5.26 Å². The van der Waals surface area contributed by atoms with Crippen LogP contribution in [0.2, 0.25) is 0 Å². The lowest BCUT2D eigenvalue weighted by Crippen LogP contribution is -2.12. The van der Waals surface area contributed by atoms with Crippen molar-refractivity contribution in [1.29, 1.82) is 5.26 Å². The van der Waals surface area contributed by atoms with Gasteiger partial charge in [-0.3, -0.25) is 0 Å². The minimum Gasteiger partial charge on any atom is -0.350 e. The summed E-state index contributed by atoms with van der Waals surface area (Å²) in [6.07, 6.45) is 7.74. The first-order valence-electron chi connectivity index (χ1n) is 5.87. The number of aromatic nitrogens is 1. The highest BCUT2D eigenvalue weighted by molar-refractivity contribution is 7.19. The maximum absolute atomic E-state index is 9.45. The number of likely N-dealkylation sites (N-methyl/N-ethyl adjacent to an activating group) is 1. The molecule has 0 aliphatic carbocycles. The number of benzene rings is 1. The zero-order chi connectivity index (χ0) is 13.2. The van der Waals surface area contributed by atoms with E-state index in [0.29, 0.717) is 5.57 Å². The number of nitriles is 1. The number of nitrogens with zero attached hydrogens (tertiary/aromatic N) is 3. The zero-order valence-corrected chi connectivity index (χ0v) is 11.2. The number of hydrogen-bond donors (Lipinski definition) is 0. The summed E-state index contributed by atoms with van der Waals surface area (Å²) < 4.78 is 1.10. The van der Waals surface area contributed by atoms with Crippen molar-refractivity contribution in [2.75, 3.05) is 7.05 Å². The average Bonchev–Trinajstić information content (AvgIpc) is 2.85. The molecule has 0 N–H and O–H groups in total. The lowest BCUT2D eigenvalue weighted by atomic mass is 10.1. The van der Waals surface area contributed by atoms with Crippen molar-refractivity contribution in [3.8, 4) is 6.07 Å². The van der Waals surface area contributed by atoms with Crippen LogP contribution in [0.3, 0.4) is 0 Å². The molecule has 2 aromatic rings. The normalized spacial score (nSPS) is 16.7. The highest BCUT2D eigenvalue weighted by Crippen LogP contribution is 2.30. The fraction of sp³-hybridized carbons (Fsp3) is 0.0667. The van der Waals surface area contributed by atoms with Crippen LogP contribution >= 0.6 is 11.3 Å². The average molecular weight is 265 g/mol. The Morgan fingerprint density at radius 2 is 2.16 bits per heavy atom. The van der Waals surface area contributed by atoms with E-state index < -0.39 is 0 Å². The summed E-state index contributed by atoms with van der Waals surface area (Å²) in [5, 5.41) is 10.2. The Labute approximate surface area is 115 Å². The Morgan fingerprint density at radius 1 is 1.32 bits per heavy atom. The topological polar surface area (TPSA) is 39.9 Å². The molecule has 1 aliphatic rings. The van der Waals surface area contributed by atoms with E-state index in [2.05, 4.69) is 11.1 Å². The van der Waals surface area contributed by atoms with Gasteiger partial charge < -0.3 is 4.90 Å². The fourth-order valence-electron chi connectivity index (χ4n) is 1.98. The van der Waals surface area contributed by atoms with Gasteiger partial charge in [0.2, 0.25) is 0 Å². The Hall–Kier alpha value is -2.38. The molecule has 0 atom stereocenters. The largest absolute Gasteiger partial charge is 0.350 e. The predicted molar refractivity (Wildman–Crippen MR) is 78.2 cm³/mol. The van der Waals surface area contributed by atoms with Crippen molar-refractivity contribution in [2.45, 2.75) is 0 Å². The number of hydrogen-bond acceptors (Lipinski definition) is 4. The standard InChI is InChI=1S/C15H11N3S/c1-18-9-5-4-7-13(18)11(10-16)15-17-12-6-2-3-8-14(12)19-15/h2-9H,1H3/b13-11+. The summed E-state index contributed by atoms with van der Waals surface area (Å²) in [6, 6.07) is 10.2. The molecule has 3 nitrogen and oxygen atoms in total. The molecule has 0 amide bonds. The van der Waals surface area contributed by atoms with E-state index >= 15 is 0 Å². The Kier molecular flexibility index (Phi) is 2.90. The summed E-state index contributed by atoms with van der Waals surface area (Å²) in [4.78, 5) is 6.48. The third kappa shape index (κ3) is 2.05. The van der Waals surface area contributed by atoms with Crippen LogP contribution in [-0.2, 0) is 0 Å². The first-order chi connectivity index (χ1) is 9.29. The highest BCUT2D eigenvalue weighted by atomic mass is 32.1. The Balaban J connectivity index is 2.18. The van der Waals surface area contributed by atoms with Crippen LogP contribution in [0.5, 0.6) is 0 Å². The van der Waals surface area contributed by atoms with Gasteiger partial charge >= 0.3 is 0 Å². The van der Waals surface area contributed by atoms with Gasteiger partial charge in [0, 0.05) is 13.2 Å². The maximum atomic E-state index is 9.45. The van der Waals surface area contributed by atoms with E-state index in [1.54, 1.807) is 11.3 Å². The van der Waals surface area contributed by atoms with E-state index in [4.69, 9.17) is 0 Å². The van der Waals surface area contributed by atoms with Crippen molar-refractivity contribution in [1.82, 2.24) is 9.88 Å². The summed E-state index contributed by atoms with van der Waals surface area (Å²) in [6.45, 7) is 0. The summed E-state index contributed by atoms with van der Waals surface area (Å²) in [5.41, 5.74) is 2.43. The maximum Gasteiger partial charge on any atom is 0.137 e. The Bertz CT molecular complexity index is 726. The first kappa shape index (κ1) is 11.7. The van der Waals surface area contributed by atoms with E-state index in [-0.39, 0.29) is 0 Å². The van der Waals surface area contributed by atoms with Crippen LogP contribution in [0, 0.1) is 11.3 Å². The van der Waals surface area contributed by atoms with Gasteiger partial charge in [0.1, 0.15) is 16.6 Å². The second-order valence-electron chi connectivity index (χ2n) is 4.17. The molecule has 0 radical (unpaired) electrons. The van der Waals surface area contributed by atoms with Crippen LogP contribution in [0.1, 0.15) is 5.01 Å². The second-order valence-corrected chi connectivity index (χ2v) is 5.20. The molecule has 3 rings (SSSR count). The van der Waals surface area contributed by atoms with Gasteiger partial charge in [0.25, 0.3) is 0 Å². The molecule has 1 aromatic carbocycles. The van der Waals surface area contributed by atoms with Crippen LogP contribution in [-0.4, -0.2) is 16.9 Å². The van der Waals surface area contributed by atoms with Crippen LogP contribution in [0.15, 0.2) is 54.4 Å². The van der Waals surface area contributed by atoms with Crippen LogP contribution in [0.25, 0.3) is 15.8 Å². The highest BCUT2D eigenvalue weighted by Gasteiger charge is 2.15. The fourth-order valence-corrected chi connectivity index (χ4v) is 2.95. The monoisotopic (exact) mass is 265 g/mol. The van der Waals surface area contributed by atoms with E-state index in [1.807, 2.05) is 60.6 Å². The van der Waals surface area contributed by atoms with Crippen molar-refractivity contribution in [2.24, 2.45) is 0 Å². The summed E-state index contributed by atoms with van der Waals surface area (Å²) in [7, 11) is 1.93. The molecule has 2 heterocycles.